The van der Waals surface area contributed by atoms with Crippen LogP contribution in [0.1, 0.15) is 44.0 Å². The van der Waals surface area contributed by atoms with E-state index in [2.05, 4.69) is 23.5 Å². The molecule has 4 heteroatoms. The summed E-state index contributed by atoms with van der Waals surface area (Å²) in [5.41, 5.74) is 5.39. The third-order valence-electron chi connectivity index (χ3n) is 4.47. The van der Waals surface area contributed by atoms with Gasteiger partial charge in [0, 0.05) is 25.2 Å². The fourth-order valence-electron chi connectivity index (χ4n) is 3.29. The number of nitrogens with two attached hydrogens (primary N) is 1. The smallest absolute Gasteiger partial charge is 0.0596 e. The van der Waals surface area contributed by atoms with Crippen LogP contribution in [-0.4, -0.2) is 15.8 Å². The van der Waals surface area contributed by atoms with Crippen LogP contribution in [0.3, 0.4) is 0 Å². The minimum atomic E-state index is 0.386. The van der Waals surface area contributed by atoms with Gasteiger partial charge in [-0.15, -0.1) is 0 Å². The number of nitrogens with zero attached hydrogens (tertiary/aromatic N) is 2. The van der Waals surface area contributed by atoms with Crippen LogP contribution >= 0.6 is 0 Å². The first kappa shape index (κ1) is 13.6. The monoisotopic (exact) mass is 250 g/mol. The summed E-state index contributed by atoms with van der Waals surface area (Å²) in [6, 6.07) is 2.55. The molecule has 1 aliphatic carbocycles. The van der Waals surface area contributed by atoms with Gasteiger partial charge in [0.05, 0.1) is 5.69 Å². The largest absolute Gasteiger partial charge is 0.272 e. The van der Waals surface area contributed by atoms with E-state index in [1.54, 1.807) is 0 Å². The summed E-state index contributed by atoms with van der Waals surface area (Å²) in [5, 5.41) is 4.40. The second-order valence-electron chi connectivity index (χ2n) is 5.73. The molecule has 0 radical (unpaired) electrons. The normalized spacial score (nSPS) is 25.6. The van der Waals surface area contributed by atoms with Crippen molar-refractivity contribution < 1.29 is 0 Å². The Bertz CT molecular complexity index is 385. The lowest BCUT2D eigenvalue weighted by Crippen LogP contribution is -2.42. The predicted octanol–water partition coefficient (Wildman–Crippen LogP) is 1.93. The Morgan fingerprint density at radius 1 is 1.56 bits per heavy atom. The second kappa shape index (κ2) is 5.85. The summed E-state index contributed by atoms with van der Waals surface area (Å²) in [7, 11) is 2.01. The fourth-order valence-corrected chi connectivity index (χ4v) is 3.29. The van der Waals surface area contributed by atoms with Crippen molar-refractivity contribution in [3.63, 3.8) is 0 Å². The van der Waals surface area contributed by atoms with Crippen molar-refractivity contribution in [3.8, 4) is 0 Å². The third-order valence-corrected chi connectivity index (χ3v) is 4.47. The molecule has 3 atom stereocenters. The molecule has 1 aromatic rings. The first-order chi connectivity index (χ1) is 8.63. The van der Waals surface area contributed by atoms with Crippen molar-refractivity contribution in [1.29, 1.82) is 0 Å². The zero-order valence-electron chi connectivity index (χ0n) is 11.8. The minimum absolute atomic E-state index is 0.386. The van der Waals surface area contributed by atoms with Crippen LogP contribution in [0.2, 0.25) is 0 Å². The zero-order chi connectivity index (χ0) is 13.1. The molecule has 0 amide bonds. The van der Waals surface area contributed by atoms with Gasteiger partial charge in [0.25, 0.3) is 0 Å². The van der Waals surface area contributed by atoms with Crippen molar-refractivity contribution in [1.82, 2.24) is 15.2 Å². The number of nitrogens with one attached hydrogen (secondary N) is 1. The van der Waals surface area contributed by atoms with Gasteiger partial charge in [0.2, 0.25) is 0 Å². The molecule has 1 aliphatic rings. The molecular weight excluding hydrogens is 224 g/mol. The first-order valence-corrected chi connectivity index (χ1v) is 7.09. The number of hydrogen-bond acceptors (Lipinski definition) is 3. The number of hydrogen-bond donors (Lipinski definition) is 2. The highest BCUT2D eigenvalue weighted by molar-refractivity contribution is 5.10. The Morgan fingerprint density at radius 3 is 2.83 bits per heavy atom. The first-order valence-electron chi connectivity index (χ1n) is 7.09. The minimum Gasteiger partial charge on any atom is -0.272 e. The number of hydrazine groups is 1. The number of aryl methyl sites for hydroxylation is 2. The summed E-state index contributed by atoms with van der Waals surface area (Å²) in [6.45, 7) is 4.33. The van der Waals surface area contributed by atoms with Crippen LogP contribution in [0.15, 0.2) is 6.07 Å². The molecule has 0 aromatic carbocycles. The SMILES string of the molecule is CCC1CCC(C(Cc2cc(C)nn2C)NN)C1. The lowest BCUT2D eigenvalue weighted by molar-refractivity contribution is 0.343. The van der Waals surface area contributed by atoms with Gasteiger partial charge in [-0.05, 0) is 37.7 Å². The van der Waals surface area contributed by atoms with E-state index < -0.39 is 0 Å². The molecule has 1 heterocycles. The Labute approximate surface area is 110 Å². The van der Waals surface area contributed by atoms with E-state index in [1.165, 1.54) is 31.4 Å². The maximum Gasteiger partial charge on any atom is 0.0596 e. The summed E-state index contributed by atoms with van der Waals surface area (Å²) in [5.74, 6) is 7.38. The quantitative estimate of drug-likeness (QED) is 0.620. The molecule has 3 unspecified atom stereocenters. The average Bonchev–Trinajstić information content (AvgIpc) is 2.93. The van der Waals surface area contributed by atoms with Gasteiger partial charge in [0.15, 0.2) is 0 Å². The van der Waals surface area contributed by atoms with Crippen molar-refractivity contribution in [3.05, 3.63) is 17.5 Å². The molecule has 102 valence electrons. The Kier molecular flexibility index (Phi) is 4.40. The standard InChI is InChI=1S/C14H26N4/c1-4-11-5-6-12(8-11)14(16-15)9-13-7-10(2)17-18(13)3/h7,11-12,14,16H,4-6,8-9,15H2,1-3H3. The number of aromatic nitrogens is 2. The van der Waals surface area contributed by atoms with Crippen LogP contribution < -0.4 is 11.3 Å². The molecule has 1 saturated carbocycles. The van der Waals surface area contributed by atoms with Gasteiger partial charge in [-0.25, -0.2) is 0 Å². The molecule has 4 nitrogen and oxygen atoms in total. The predicted molar refractivity (Wildman–Crippen MR) is 73.9 cm³/mol. The summed E-state index contributed by atoms with van der Waals surface area (Å²) >= 11 is 0. The molecule has 3 N–H and O–H groups in total. The molecule has 18 heavy (non-hydrogen) atoms. The van der Waals surface area contributed by atoms with E-state index in [9.17, 15) is 0 Å². The maximum absolute atomic E-state index is 5.76. The van der Waals surface area contributed by atoms with Gasteiger partial charge in [0.1, 0.15) is 0 Å². The van der Waals surface area contributed by atoms with Crippen molar-refractivity contribution in [2.45, 2.75) is 52.0 Å². The molecule has 2 rings (SSSR count). The van der Waals surface area contributed by atoms with E-state index >= 15 is 0 Å². The fraction of sp³-hybridized carbons (Fsp3) is 0.786. The van der Waals surface area contributed by atoms with Crippen molar-refractivity contribution in [2.24, 2.45) is 24.7 Å². The molecular formula is C14H26N4. The second-order valence-corrected chi connectivity index (χ2v) is 5.73. The van der Waals surface area contributed by atoms with Crippen molar-refractivity contribution >= 4 is 0 Å². The van der Waals surface area contributed by atoms with Crippen LogP contribution in [0.5, 0.6) is 0 Å². The lowest BCUT2D eigenvalue weighted by atomic mass is 9.93. The van der Waals surface area contributed by atoms with Crippen molar-refractivity contribution in [2.75, 3.05) is 0 Å². The van der Waals surface area contributed by atoms with Crippen LogP contribution in [0, 0.1) is 18.8 Å². The Balaban J connectivity index is 1.99. The highest BCUT2D eigenvalue weighted by atomic mass is 15.3. The molecule has 0 saturated heterocycles. The summed E-state index contributed by atoms with van der Waals surface area (Å²) < 4.78 is 1.98. The van der Waals surface area contributed by atoms with Gasteiger partial charge in [-0.1, -0.05) is 19.8 Å². The third kappa shape index (κ3) is 2.93. The molecule has 1 aromatic heterocycles. The van der Waals surface area contributed by atoms with Gasteiger partial charge >= 0.3 is 0 Å². The highest BCUT2D eigenvalue weighted by Gasteiger charge is 2.30. The van der Waals surface area contributed by atoms with Gasteiger partial charge in [-0.2, -0.15) is 5.10 Å². The van der Waals surface area contributed by atoms with E-state index in [1.807, 2.05) is 18.7 Å². The maximum atomic E-state index is 5.76. The highest BCUT2D eigenvalue weighted by Crippen LogP contribution is 2.35. The summed E-state index contributed by atoms with van der Waals surface area (Å²) in [6.07, 6.45) is 6.28. The van der Waals surface area contributed by atoms with E-state index in [0.29, 0.717) is 6.04 Å². The summed E-state index contributed by atoms with van der Waals surface area (Å²) in [4.78, 5) is 0. The van der Waals surface area contributed by atoms with Crippen LogP contribution in [-0.2, 0) is 13.5 Å². The molecule has 0 spiro atoms. The molecule has 1 fully saturated rings. The van der Waals surface area contributed by atoms with E-state index in [-0.39, 0.29) is 0 Å². The Morgan fingerprint density at radius 2 is 2.33 bits per heavy atom. The zero-order valence-corrected chi connectivity index (χ0v) is 11.8. The van der Waals surface area contributed by atoms with E-state index in [0.717, 1.165) is 24.0 Å². The topological polar surface area (TPSA) is 55.9 Å². The van der Waals surface area contributed by atoms with E-state index in [4.69, 9.17) is 5.84 Å². The Hall–Kier alpha value is -0.870. The average molecular weight is 250 g/mol. The van der Waals surface area contributed by atoms with Gasteiger partial charge < -0.3 is 0 Å². The van der Waals surface area contributed by atoms with Crippen LogP contribution in [0.4, 0.5) is 0 Å². The molecule has 0 aliphatic heterocycles. The van der Waals surface area contributed by atoms with Gasteiger partial charge in [-0.3, -0.25) is 16.0 Å². The molecule has 0 bridgehead atoms. The van der Waals surface area contributed by atoms with Crippen LogP contribution in [0.25, 0.3) is 0 Å². The number of rotatable bonds is 5. The lowest BCUT2D eigenvalue weighted by Gasteiger charge is -2.23.